The summed E-state index contributed by atoms with van der Waals surface area (Å²) < 4.78 is 11.8. The van der Waals surface area contributed by atoms with Crippen molar-refractivity contribution in [3.05, 3.63) is 0 Å². The van der Waals surface area contributed by atoms with Gasteiger partial charge in [0.1, 0.15) is 0 Å². The third kappa shape index (κ3) is 2.97. The lowest BCUT2D eigenvalue weighted by molar-refractivity contribution is -0.105. The van der Waals surface area contributed by atoms with Gasteiger partial charge in [0.25, 0.3) is 0 Å². The van der Waals surface area contributed by atoms with Crippen molar-refractivity contribution in [2.24, 2.45) is 17.7 Å². The Morgan fingerprint density at radius 3 is 2.58 bits per heavy atom. The highest BCUT2D eigenvalue weighted by molar-refractivity contribution is 4.95. The summed E-state index contributed by atoms with van der Waals surface area (Å²) in [5.41, 5.74) is 3.30. The largest absolute Gasteiger partial charge is 0.381 e. The van der Waals surface area contributed by atoms with Crippen molar-refractivity contribution in [3.63, 3.8) is 0 Å². The van der Waals surface area contributed by atoms with Gasteiger partial charge >= 0.3 is 0 Å². The Kier molecular flexibility index (Phi) is 4.42. The normalized spacial score (nSPS) is 36.5. The van der Waals surface area contributed by atoms with Gasteiger partial charge in [0.2, 0.25) is 0 Å². The van der Waals surface area contributed by atoms with Gasteiger partial charge in [0, 0.05) is 19.3 Å². The van der Waals surface area contributed by atoms with E-state index in [1.807, 2.05) is 0 Å². The molecule has 4 nitrogen and oxygen atoms in total. The van der Waals surface area contributed by atoms with Crippen molar-refractivity contribution in [1.29, 1.82) is 0 Å². The highest BCUT2D eigenvalue weighted by Gasteiger charge is 2.43. The van der Waals surface area contributed by atoms with Gasteiger partial charge in [0.15, 0.2) is 0 Å². The summed E-state index contributed by atoms with van der Waals surface area (Å²) in [6, 6.07) is 0.404. The summed E-state index contributed by atoms with van der Waals surface area (Å²) in [4.78, 5) is 0. The molecule has 0 radical (unpaired) electrons. The maximum absolute atomic E-state index is 6.14. The molecule has 3 fully saturated rings. The summed E-state index contributed by atoms with van der Waals surface area (Å²) in [7, 11) is 0. The molecule has 4 heteroatoms. The van der Waals surface area contributed by atoms with E-state index in [2.05, 4.69) is 5.43 Å². The molecule has 0 aromatic rings. The summed E-state index contributed by atoms with van der Waals surface area (Å²) in [5.74, 6) is 7.11. The summed E-state index contributed by atoms with van der Waals surface area (Å²) in [6.45, 7) is 2.71. The highest BCUT2D eigenvalue weighted by atomic mass is 16.5. The Balaban J connectivity index is 1.64. The van der Waals surface area contributed by atoms with E-state index in [0.29, 0.717) is 17.9 Å². The fourth-order valence-electron chi connectivity index (χ4n) is 4.45. The summed E-state index contributed by atoms with van der Waals surface area (Å²) in [5, 5.41) is 0. The Bertz CT molecular complexity index is 286. The number of hydrogen-bond donors (Lipinski definition) is 2. The molecule has 3 rings (SSSR count). The van der Waals surface area contributed by atoms with Crippen LogP contribution in [0.3, 0.4) is 0 Å². The molecule has 2 heterocycles. The zero-order chi connectivity index (χ0) is 13.1. The number of nitrogens with two attached hydrogens (primary N) is 1. The van der Waals surface area contributed by atoms with E-state index in [9.17, 15) is 0 Å². The van der Waals surface area contributed by atoms with E-state index in [-0.39, 0.29) is 5.60 Å². The molecule has 19 heavy (non-hydrogen) atoms. The molecular formula is C15H28N2O2. The van der Waals surface area contributed by atoms with E-state index in [1.165, 1.54) is 44.9 Å². The monoisotopic (exact) mass is 268 g/mol. The molecule has 3 unspecified atom stereocenters. The summed E-state index contributed by atoms with van der Waals surface area (Å²) >= 11 is 0. The van der Waals surface area contributed by atoms with Gasteiger partial charge in [-0.1, -0.05) is 12.8 Å². The molecule has 3 atom stereocenters. The summed E-state index contributed by atoms with van der Waals surface area (Å²) in [6.07, 6.45) is 9.94. The topological polar surface area (TPSA) is 56.5 Å². The van der Waals surface area contributed by atoms with Crippen molar-refractivity contribution in [3.8, 4) is 0 Å². The average Bonchev–Trinajstić information content (AvgIpc) is 2.89. The standard InChI is InChI=1S/C15H28N2O2/c16-17-14(13-4-3-8-18-11-13)12-5-9-19-15(10-12)6-1-2-7-15/h12-14,17H,1-11,16H2. The van der Waals surface area contributed by atoms with Crippen LogP contribution in [-0.4, -0.2) is 31.5 Å². The Morgan fingerprint density at radius 2 is 1.89 bits per heavy atom. The molecule has 2 saturated heterocycles. The third-order valence-corrected chi connectivity index (χ3v) is 5.45. The van der Waals surface area contributed by atoms with Crippen LogP contribution in [0.4, 0.5) is 0 Å². The third-order valence-electron chi connectivity index (χ3n) is 5.45. The van der Waals surface area contributed by atoms with Crippen LogP contribution in [0.1, 0.15) is 51.4 Å². The van der Waals surface area contributed by atoms with Crippen LogP contribution in [0.2, 0.25) is 0 Å². The number of hydrazine groups is 1. The van der Waals surface area contributed by atoms with Gasteiger partial charge in [-0.2, -0.15) is 0 Å². The van der Waals surface area contributed by atoms with Crippen molar-refractivity contribution in [2.75, 3.05) is 19.8 Å². The molecule has 110 valence electrons. The number of ether oxygens (including phenoxy) is 2. The van der Waals surface area contributed by atoms with Crippen LogP contribution in [0, 0.1) is 11.8 Å². The Hall–Kier alpha value is -0.160. The molecule has 1 saturated carbocycles. The minimum Gasteiger partial charge on any atom is -0.381 e. The van der Waals surface area contributed by atoms with Crippen LogP contribution in [0.25, 0.3) is 0 Å². The second kappa shape index (κ2) is 6.08. The lowest BCUT2D eigenvalue weighted by Crippen LogP contribution is -2.52. The molecule has 0 aromatic heterocycles. The molecule has 0 aromatic carbocycles. The molecule has 3 aliphatic rings. The molecule has 1 spiro atoms. The first kappa shape index (κ1) is 13.8. The van der Waals surface area contributed by atoms with Crippen LogP contribution < -0.4 is 11.3 Å². The SMILES string of the molecule is NNC(C1CCCOC1)C1CCOC2(CCCC2)C1. The number of nitrogens with one attached hydrogen (secondary N) is 1. The van der Waals surface area contributed by atoms with Crippen LogP contribution in [0.5, 0.6) is 0 Å². The molecule has 3 N–H and O–H groups in total. The predicted molar refractivity (Wildman–Crippen MR) is 74.5 cm³/mol. The zero-order valence-electron chi connectivity index (χ0n) is 11.9. The van der Waals surface area contributed by atoms with Crippen LogP contribution in [-0.2, 0) is 9.47 Å². The molecular weight excluding hydrogens is 240 g/mol. The lowest BCUT2D eigenvalue weighted by Gasteiger charge is -2.43. The van der Waals surface area contributed by atoms with Gasteiger partial charge in [-0.05, 0) is 50.4 Å². The van der Waals surface area contributed by atoms with Crippen molar-refractivity contribution < 1.29 is 9.47 Å². The van der Waals surface area contributed by atoms with E-state index in [1.54, 1.807) is 0 Å². The zero-order valence-corrected chi connectivity index (χ0v) is 11.9. The van der Waals surface area contributed by atoms with Crippen LogP contribution in [0.15, 0.2) is 0 Å². The van der Waals surface area contributed by atoms with Gasteiger partial charge in [-0.3, -0.25) is 11.3 Å². The van der Waals surface area contributed by atoms with Crippen molar-refractivity contribution >= 4 is 0 Å². The van der Waals surface area contributed by atoms with E-state index in [4.69, 9.17) is 15.3 Å². The smallest absolute Gasteiger partial charge is 0.0685 e. The van der Waals surface area contributed by atoms with Crippen LogP contribution >= 0.6 is 0 Å². The predicted octanol–water partition coefficient (Wildman–Crippen LogP) is 1.98. The molecule has 0 bridgehead atoms. The molecule has 2 aliphatic heterocycles. The highest BCUT2D eigenvalue weighted by Crippen LogP contribution is 2.44. The number of rotatable bonds is 3. The van der Waals surface area contributed by atoms with Gasteiger partial charge in [0.05, 0.1) is 12.2 Å². The first-order valence-corrected chi connectivity index (χ1v) is 8.01. The second-order valence-electron chi connectivity index (χ2n) is 6.66. The lowest BCUT2D eigenvalue weighted by atomic mass is 9.75. The maximum atomic E-state index is 6.14. The molecule has 0 amide bonds. The molecule has 1 aliphatic carbocycles. The Morgan fingerprint density at radius 1 is 1.05 bits per heavy atom. The fraction of sp³-hybridized carbons (Fsp3) is 1.00. The minimum absolute atomic E-state index is 0.188. The van der Waals surface area contributed by atoms with Crippen molar-refractivity contribution in [2.45, 2.75) is 63.0 Å². The second-order valence-corrected chi connectivity index (χ2v) is 6.66. The first-order valence-electron chi connectivity index (χ1n) is 8.01. The quantitative estimate of drug-likeness (QED) is 0.607. The Labute approximate surface area is 116 Å². The van der Waals surface area contributed by atoms with E-state index >= 15 is 0 Å². The van der Waals surface area contributed by atoms with E-state index < -0.39 is 0 Å². The fourth-order valence-corrected chi connectivity index (χ4v) is 4.45. The van der Waals surface area contributed by atoms with Gasteiger partial charge < -0.3 is 9.47 Å². The van der Waals surface area contributed by atoms with Gasteiger partial charge in [-0.15, -0.1) is 0 Å². The van der Waals surface area contributed by atoms with Gasteiger partial charge in [-0.25, -0.2) is 0 Å². The number of hydrogen-bond acceptors (Lipinski definition) is 4. The maximum Gasteiger partial charge on any atom is 0.0685 e. The van der Waals surface area contributed by atoms with E-state index in [0.717, 1.165) is 26.2 Å². The first-order chi connectivity index (χ1) is 9.33. The minimum atomic E-state index is 0.188. The average molecular weight is 268 g/mol. The van der Waals surface area contributed by atoms with Crippen molar-refractivity contribution in [1.82, 2.24) is 5.43 Å².